The third-order valence-corrected chi connectivity index (χ3v) is 3.45. The zero-order chi connectivity index (χ0) is 12.7. The third-order valence-electron chi connectivity index (χ3n) is 3.45. The van der Waals surface area contributed by atoms with Gasteiger partial charge < -0.3 is 5.32 Å². The second-order valence-electron chi connectivity index (χ2n) is 5.51. The van der Waals surface area contributed by atoms with Gasteiger partial charge in [-0.3, -0.25) is 10.4 Å². The fraction of sp³-hybridized carbons (Fsp3) is 0.923. The summed E-state index contributed by atoms with van der Waals surface area (Å²) in [6.07, 6.45) is 6.46. The Kier molecular flexibility index (Phi) is 6.34. The number of nitrogens with zero attached hydrogens (tertiary/aromatic N) is 1. The Labute approximate surface area is 105 Å². The van der Waals surface area contributed by atoms with Crippen LogP contribution in [0.15, 0.2) is 4.99 Å². The van der Waals surface area contributed by atoms with Gasteiger partial charge in [-0.1, -0.05) is 40.0 Å². The lowest BCUT2D eigenvalue weighted by molar-refractivity contribution is 0.298. The topological polar surface area (TPSA) is 62.4 Å². The molecule has 1 aliphatic carbocycles. The molecule has 4 heteroatoms. The van der Waals surface area contributed by atoms with Gasteiger partial charge in [0.2, 0.25) is 5.96 Å². The summed E-state index contributed by atoms with van der Waals surface area (Å²) in [5.74, 6) is 7.68. The molecule has 0 aromatic carbocycles. The first-order valence-corrected chi connectivity index (χ1v) is 6.93. The molecule has 1 fully saturated rings. The van der Waals surface area contributed by atoms with Crippen LogP contribution >= 0.6 is 0 Å². The van der Waals surface area contributed by atoms with Gasteiger partial charge in [0, 0.05) is 12.6 Å². The molecular weight excluding hydrogens is 212 g/mol. The van der Waals surface area contributed by atoms with E-state index in [1.165, 1.54) is 32.1 Å². The maximum Gasteiger partial charge on any atom is 0.205 e. The zero-order valence-corrected chi connectivity index (χ0v) is 11.5. The van der Waals surface area contributed by atoms with E-state index in [0.29, 0.717) is 12.0 Å². The number of guanidine groups is 1. The Morgan fingerprint density at radius 2 is 2.18 bits per heavy atom. The number of nitrogens with two attached hydrogens (primary N) is 1. The Balaban J connectivity index is 2.41. The summed E-state index contributed by atoms with van der Waals surface area (Å²) in [5, 5.41) is 3.44. The zero-order valence-electron chi connectivity index (χ0n) is 11.5. The molecule has 2 atom stereocenters. The molecule has 1 saturated carbocycles. The number of hydrogen-bond acceptors (Lipinski definition) is 2. The van der Waals surface area contributed by atoms with Gasteiger partial charge in [0.05, 0.1) is 0 Å². The van der Waals surface area contributed by atoms with Gasteiger partial charge in [0.25, 0.3) is 0 Å². The van der Waals surface area contributed by atoms with Crippen LogP contribution in [0.4, 0.5) is 0 Å². The molecule has 0 aliphatic heterocycles. The van der Waals surface area contributed by atoms with Crippen molar-refractivity contribution in [2.75, 3.05) is 6.54 Å². The molecule has 0 heterocycles. The summed E-state index contributed by atoms with van der Waals surface area (Å²) < 4.78 is 0. The van der Waals surface area contributed by atoms with Gasteiger partial charge in [0.15, 0.2) is 0 Å². The first kappa shape index (κ1) is 14.3. The van der Waals surface area contributed by atoms with Crippen LogP contribution < -0.4 is 16.6 Å². The highest BCUT2D eigenvalue weighted by molar-refractivity contribution is 5.79. The molecule has 100 valence electrons. The standard InChI is InChI=1S/C13H28N4/c1-4-11-6-5-7-12(8-11)16-13(17-14)15-9-10(2)3/h10-12H,4-9,14H2,1-3H3,(H2,15,16,17). The lowest BCUT2D eigenvalue weighted by atomic mass is 9.84. The first-order valence-electron chi connectivity index (χ1n) is 6.93. The van der Waals surface area contributed by atoms with E-state index in [2.05, 4.69) is 36.5 Å². The first-order chi connectivity index (χ1) is 8.15. The Bertz CT molecular complexity index is 238. The van der Waals surface area contributed by atoms with E-state index in [4.69, 9.17) is 5.84 Å². The van der Waals surface area contributed by atoms with Gasteiger partial charge in [-0.25, -0.2) is 5.84 Å². The molecule has 0 saturated heterocycles. The molecule has 0 bridgehead atoms. The third kappa shape index (κ3) is 5.39. The molecule has 0 aromatic heterocycles. The van der Waals surface area contributed by atoms with Gasteiger partial charge >= 0.3 is 0 Å². The van der Waals surface area contributed by atoms with Crippen molar-refractivity contribution in [3.05, 3.63) is 0 Å². The van der Waals surface area contributed by atoms with Gasteiger partial charge in [-0.05, 0) is 24.7 Å². The van der Waals surface area contributed by atoms with Crippen LogP contribution in [0.2, 0.25) is 0 Å². The van der Waals surface area contributed by atoms with Crippen molar-refractivity contribution in [1.82, 2.24) is 10.7 Å². The van der Waals surface area contributed by atoms with Crippen LogP contribution in [-0.4, -0.2) is 18.5 Å². The summed E-state index contributed by atoms with van der Waals surface area (Å²) >= 11 is 0. The van der Waals surface area contributed by atoms with Crippen molar-refractivity contribution < 1.29 is 0 Å². The lowest BCUT2D eigenvalue weighted by Crippen LogP contribution is -2.48. The van der Waals surface area contributed by atoms with Gasteiger partial charge in [-0.2, -0.15) is 0 Å². The van der Waals surface area contributed by atoms with Crippen LogP contribution in [-0.2, 0) is 0 Å². The van der Waals surface area contributed by atoms with Crippen LogP contribution in [0.5, 0.6) is 0 Å². The Morgan fingerprint density at radius 1 is 1.41 bits per heavy atom. The smallest absolute Gasteiger partial charge is 0.205 e. The van der Waals surface area contributed by atoms with Crippen molar-refractivity contribution in [3.8, 4) is 0 Å². The van der Waals surface area contributed by atoms with Crippen LogP contribution in [0.25, 0.3) is 0 Å². The van der Waals surface area contributed by atoms with E-state index in [0.717, 1.165) is 18.4 Å². The van der Waals surface area contributed by atoms with Crippen LogP contribution in [0, 0.1) is 11.8 Å². The molecule has 0 radical (unpaired) electrons. The van der Waals surface area contributed by atoms with Crippen LogP contribution in [0.1, 0.15) is 52.9 Å². The summed E-state index contributed by atoms with van der Waals surface area (Å²) in [6.45, 7) is 7.41. The number of nitrogens with one attached hydrogen (secondary N) is 2. The molecule has 1 rings (SSSR count). The predicted molar refractivity (Wildman–Crippen MR) is 73.6 cm³/mol. The average Bonchev–Trinajstić information content (AvgIpc) is 2.34. The fourth-order valence-electron chi connectivity index (χ4n) is 2.39. The van der Waals surface area contributed by atoms with Crippen molar-refractivity contribution in [1.29, 1.82) is 0 Å². The number of hydrazine groups is 1. The maximum absolute atomic E-state index is 5.50. The molecule has 2 unspecified atom stereocenters. The van der Waals surface area contributed by atoms with Crippen molar-refractivity contribution in [2.45, 2.75) is 58.9 Å². The minimum absolute atomic E-state index is 0.538. The summed E-state index contributed by atoms with van der Waals surface area (Å²) in [4.78, 5) is 4.46. The fourth-order valence-corrected chi connectivity index (χ4v) is 2.39. The highest BCUT2D eigenvalue weighted by Gasteiger charge is 2.21. The summed E-state index contributed by atoms with van der Waals surface area (Å²) in [7, 11) is 0. The Morgan fingerprint density at radius 3 is 2.76 bits per heavy atom. The van der Waals surface area contributed by atoms with Gasteiger partial charge in [-0.15, -0.1) is 0 Å². The Hall–Kier alpha value is -0.770. The highest BCUT2D eigenvalue weighted by Crippen LogP contribution is 2.26. The van der Waals surface area contributed by atoms with Crippen molar-refractivity contribution >= 4 is 5.96 Å². The summed E-state index contributed by atoms with van der Waals surface area (Å²) in [6, 6.07) is 0.538. The molecule has 17 heavy (non-hydrogen) atoms. The maximum atomic E-state index is 5.50. The number of hydrogen-bond donors (Lipinski definition) is 3. The highest BCUT2D eigenvalue weighted by atomic mass is 15.3. The van der Waals surface area contributed by atoms with Gasteiger partial charge in [0.1, 0.15) is 0 Å². The molecule has 1 aliphatic rings. The molecule has 0 aromatic rings. The van der Waals surface area contributed by atoms with E-state index in [1.807, 2.05) is 0 Å². The predicted octanol–water partition coefficient (Wildman–Crippen LogP) is 2.02. The normalized spacial score (nSPS) is 26.1. The second-order valence-corrected chi connectivity index (χ2v) is 5.51. The molecule has 4 N–H and O–H groups in total. The minimum atomic E-state index is 0.538. The molecule has 0 spiro atoms. The van der Waals surface area contributed by atoms with E-state index in [-0.39, 0.29) is 0 Å². The monoisotopic (exact) mass is 240 g/mol. The van der Waals surface area contributed by atoms with E-state index in [9.17, 15) is 0 Å². The molecule has 4 nitrogen and oxygen atoms in total. The average molecular weight is 240 g/mol. The SMILES string of the molecule is CCC1CCCC(NC(=NCC(C)C)NN)C1. The molecular formula is C13H28N4. The van der Waals surface area contributed by atoms with E-state index < -0.39 is 0 Å². The summed E-state index contributed by atoms with van der Waals surface area (Å²) in [5.41, 5.74) is 2.68. The number of aliphatic imine (C=N–C) groups is 1. The van der Waals surface area contributed by atoms with Crippen LogP contribution in [0.3, 0.4) is 0 Å². The lowest BCUT2D eigenvalue weighted by Gasteiger charge is -2.30. The number of rotatable bonds is 4. The largest absolute Gasteiger partial charge is 0.353 e. The van der Waals surface area contributed by atoms with E-state index >= 15 is 0 Å². The second kappa shape index (κ2) is 7.54. The van der Waals surface area contributed by atoms with Crippen molar-refractivity contribution in [2.24, 2.45) is 22.7 Å². The molecule has 0 amide bonds. The van der Waals surface area contributed by atoms with Crippen molar-refractivity contribution in [3.63, 3.8) is 0 Å². The quantitative estimate of drug-likeness (QED) is 0.305. The minimum Gasteiger partial charge on any atom is -0.353 e. The van der Waals surface area contributed by atoms with E-state index in [1.54, 1.807) is 0 Å².